The molecule has 0 aliphatic rings. The van der Waals surface area contributed by atoms with Crippen molar-refractivity contribution in [3.63, 3.8) is 0 Å². The van der Waals surface area contributed by atoms with Gasteiger partial charge in [0.15, 0.2) is 5.75 Å². The van der Waals surface area contributed by atoms with Crippen LogP contribution in [0.1, 0.15) is 26.3 Å². The monoisotopic (exact) mass is 440 g/mol. The van der Waals surface area contributed by atoms with Crippen molar-refractivity contribution in [3.8, 4) is 5.75 Å². The molecule has 0 unspecified atom stereocenters. The van der Waals surface area contributed by atoms with Gasteiger partial charge in [0.1, 0.15) is 17.6 Å². The average Bonchev–Trinajstić information content (AvgIpc) is 2.80. The molecule has 2 heterocycles. The fraction of sp³-hybridized carbons (Fsp3) is 0.143. The van der Waals surface area contributed by atoms with E-state index in [0.717, 1.165) is 6.20 Å². The summed E-state index contributed by atoms with van der Waals surface area (Å²) in [5.74, 6) is 5.11. The van der Waals surface area contributed by atoms with Crippen LogP contribution >= 0.6 is 0 Å². The number of pyridine rings is 2. The summed E-state index contributed by atoms with van der Waals surface area (Å²) in [6.45, 7) is 1.63. The van der Waals surface area contributed by atoms with Gasteiger partial charge < -0.3 is 15.4 Å². The van der Waals surface area contributed by atoms with Gasteiger partial charge in [-0.2, -0.15) is 0 Å². The number of ether oxygens (including phenoxy) is 1. The number of amides is 2. The first-order valence-corrected chi connectivity index (χ1v) is 9.49. The molecule has 0 saturated carbocycles. The largest absolute Gasteiger partial charge is 0.494 e. The number of aryl methyl sites for hydroxylation is 1. The Hall–Kier alpha value is -4.25. The number of nitrogens with two attached hydrogens (primary N) is 1. The number of hydrogen-bond acceptors (Lipinski definition) is 7. The number of carbonyl (C=O) groups excluding carboxylic acids is 2. The molecule has 0 aliphatic heterocycles. The number of methoxy groups -OCH3 is 1. The van der Waals surface area contributed by atoms with Crippen LogP contribution in [0.4, 0.5) is 27.4 Å². The quantitative estimate of drug-likeness (QED) is 0.214. The molecule has 0 atom stereocenters. The second-order valence-corrected chi connectivity index (χ2v) is 6.68. The van der Waals surface area contributed by atoms with Gasteiger partial charge in [-0.3, -0.25) is 15.0 Å². The number of para-hydroxylation sites is 1. The number of nitrogens with one attached hydrogen (secondary N) is 5. The summed E-state index contributed by atoms with van der Waals surface area (Å²) >= 11 is 0. The predicted octanol–water partition coefficient (Wildman–Crippen LogP) is 1.80. The summed E-state index contributed by atoms with van der Waals surface area (Å²) in [4.78, 5) is 31.4. The lowest BCUT2D eigenvalue weighted by Crippen LogP contribution is -2.30. The molecule has 166 valence electrons. The minimum atomic E-state index is -0.529. The molecule has 0 radical (unpaired) electrons. The molecule has 0 saturated heterocycles. The van der Waals surface area contributed by atoms with Crippen molar-refractivity contribution < 1.29 is 23.7 Å². The number of H-pyrrole nitrogens is 1. The smallest absolute Gasteiger partial charge is 0.280 e. The molecule has 32 heavy (non-hydrogen) atoms. The van der Waals surface area contributed by atoms with Gasteiger partial charge in [-0.25, -0.2) is 25.5 Å². The van der Waals surface area contributed by atoms with E-state index in [0.29, 0.717) is 34.1 Å². The molecule has 7 N–H and O–H groups in total. The first kappa shape index (κ1) is 22.4. The van der Waals surface area contributed by atoms with E-state index in [-0.39, 0.29) is 17.2 Å². The SMILES string of the molecule is CNC(=O)c1c[nH+]c(Nc2cc(C)c(F)cn2)cc1Nc1cccc(C(=O)NN)c1OC. The van der Waals surface area contributed by atoms with Crippen molar-refractivity contribution in [2.24, 2.45) is 5.84 Å². The number of halogens is 1. The van der Waals surface area contributed by atoms with Crippen molar-refractivity contribution in [2.75, 3.05) is 24.8 Å². The molecule has 3 aromatic rings. The van der Waals surface area contributed by atoms with E-state index >= 15 is 0 Å². The van der Waals surface area contributed by atoms with Gasteiger partial charge in [-0.05, 0) is 24.6 Å². The number of hydrogen-bond donors (Lipinski definition) is 5. The number of carbonyl (C=O) groups is 2. The number of hydrazine groups is 1. The number of rotatable bonds is 7. The maximum atomic E-state index is 13.5. The number of nitrogens with zero attached hydrogens (tertiary/aromatic N) is 1. The highest BCUT2D eigenvalue weighted by atomic mass is 19.1. The number of anilines is 4. The molecule has 0 bridgehead atoms. The Bertz CT molecular complexity index is 1170. The maximum Gasteiger partial charge on any atom is 0.280 e. The lowest BCUT2D eigenvalue weighted by atomic mass is 10.1. The predicted molar refractivity (Wildman–Crippen MR) is 117 cm³/mol. The van der Waals surface area contributed by atoms with Crippen LogP contribution in [0, 0.1) is 12.7 Å². The van der Waals surface area contributed by atoms with E-state index in [1.54, 1.807) is 37.3 Å². The lowest BCUT2D eigenvalue weighted by molar-refractivity contribution is -0.360. The first-order chi connectivity index (χ1) is 15.4. The second-order valence-electron chi connectivity index (χ2n) is 6.68. The number of nitrogen functional groups attached to an aromatic ring is 1. The Morgan fingerprint density at radius 3 is 2.56 bits per heavy atom. The summed E-state index contributed by atoms with van der Waals surface area (Å²) in [6.07, 6.45) is 2.62. The van der Waals surface area contributed by atoms with Crippen LogP contribution in [0.5, 0.6) is 5.75 Å². The molecule has 11 heteroatoms. The van der Waals surface area contributed by atoms with Crippen LogP contribution in [0.25, 0.3) is 0 Å². The maximum absolute atomic E-state index is 13.5. The third-order valence-electron chi connectivity index (χ3n) is 4.60. The third-order valence-corrected chi connectivity index (χ3v) is 4.60. The highest BCUT2D eigenvalue weighted by Crippen LogP contribution is 2.33. The highest BCUT2D eigenvalue weighted by Gasteiger charge is 2.20. The summed E-state index contributed by atoms with van der Waals surface area (Å²) in [5.41, 5.74) is 3.87. The van der Waals surface area contributed by atoms with E-state index in [9.17, 15) is 14.0 Å². The van der Waals surface area contributed by atoms with Crippen LogP contribution < -0.4 is 36.9 Å². The lowest BCUT2D eigenvalue weighted by Gasteiger charge is -2.16. The van der Waals surface area contributed by atoms with Crippen LogP contribution in [0.2, 0.25) is 0 Å². The Kier molecular flexibility index (Phi) is 6.80. The topological polar surface area (TPSA) is 145 Å². The Labute approximate surface area is 183 Å². The van der Waals surface area contributed by atoms with E-state index in [2.05, 4.69) is 31.3 Å². The fourth-order valence-electron chi connectivity index (χ4n) is 2.99. The zero-order valence-electron chi connectivity index (χ0n) is 17.7. The molecule has 1 aromatic carbocycles. The van der Waals surface area contributed by atoms with E-state index in [1.807, 2.05) is 0 Å². The summed E-state index contributed by atoms with van der Waals surface area (Å²) in [6, 6.07) is 8.09. The molecule has 3 rings (SSSR count). The van der Waals surface area contributed by atoms with E-state index < -0.39 is 11.7 Å². The molecule has 10 nitrogen and oxygen atoms in total. The number of aromatic amines is 1. The fourth-order valence-corrected chi connectivity index (χ4v) is 2.99. The van der Waals surface area contributed by atoms with Crippen LogP contribution in [-0.2, 0) is 0 Å². The van der Waals surface area contributed by atoms with Gasteiger partial charge >= 0.3 is 0 Å². The molecule has 0 spiro atoms. The highest BCUT2D eigenvalue weighted by molar-refractivity contribution is 6.01. The Morgan fingerprint density at radius 2 is 1.91 bits per heavy atom. The normalized spacial score (nSPS) is 10.3. The molecular formula is C21H23FN7O3+. The number of benzene rings is 1. The summed E-state index contributed by atoms with van der Waals surface area (Å²) in [5, 5.41) is 8.73. The van der Waals surface area contributed by atoms with Crippen molar-refractivity contribution in [1.29, 1.82) is 0 Å². The third kappa shape index (κ3) is 4.73. The summed E-state index contributed by atoms with van der Waals surface area (Å²) in [7, 11) is 2.93. The molecule has 0 aliphatic carbocycles. The van der Waals surface area contributed by atoms with E-state index in [1.165, 1.54) is 20.4 Å². The van der Waals surface area contributed by atoms with Crippen molar-refractivity contribution in [3.05, 3.63) is 65.2 Å². The van der Waals surface area contributed by atoms with Crippen molar-refractivity contribution in [1.82, 2.24) is 15.7 Å². The summed E-state index contributed by atoms with van der Waals surface area (Å²) < 4.78 is 18.9. The first-order valence-electron chi connectivity index (χ1n) is 9.49. The Balaban J connectivity index is 2.02. The Morgan fingerprint density at radius 1 is 1.12 bits per heavy atom. The van der Waals surface area contributed by atoms with Gasteiger partial charge in [-0.15, -0.1) is 0 Å². The molecular weight excluding hydrogens is 417 g/mol. The van der Waals surface area contributed by atoms with Crippen molar-refractivity contribution in [2.45, 2.75) is 6.92 Å². The van der Waals surface area contributed by atoms with Gasteiger partial charge in [-0.1, -0.05) is 6.07 Å². The van der Waals surface area contributed by atoms with Gasteiger partial charge in [0.2, 0.25) is 5.82 Å². The molecule has 2 aromatic heterocycles. The minimum absolute atomic E-state index is 0.216. The molecule has 0 fully saturated rings. The second kappa shape index (κ2) is 9.71. The number of aromatic nitrogens is 2. The minimum Gasteiger partial charge on any atom is -0.494 e. The van der Waals surface area contributed by atoms with Crippen LogP contribution in [0.15, 0.2) is 42.7 Å². The van der Waals surface area contributed by atoms with Crippen molar-refractivity contribution >= 4 is 34.8 Å². The zero-order chi connectivity index (χ0) is 23.3. The van der Waals surface area contributed by atoms with Crippen LogP contribution in [0.3, 0.4) is 0 Å². The van der Waals surface area contributed by atoms with Gasteiger partial charge in [0, 0.05) is 13.1 Å². The van der Waals surface area contributed by atoms with E-state index in [4.69, 9.17) is 10.6 Å². The van der Waals surface area contributed by atoms with Crippen LogP contribution in [-0.4, -0.2) is 31.0 Å². The van der Waals surface area contributed by atoms with Gasteiger partial charge in [0.05, 0.1) is 36.3 Å². The average molecular weight is 440 g/mol. The standard InChI is InChI=1S/C21H22FN7O3/c1-11-7-17(26-10-14(11)22)28-18-8-16(13(9-25-18)20(30)24-2)27-15-6-4-5-12(19(15)32-3)21(31)29-23/h4-10H,23H2,1-3H3,(H,24,30)(H,29,31)(H2,25,26,27,28)/p+1. The zero-order valence-corrected chi connectivity index (χ0v) is 17.7. The molecule has 2 amide bonds. The van der Waals surface area contributed by atoms with Gasteiger partial charge in [0.25, 0.3) is 17.6 Å².